The molecule has 0 fully saturated rings. The first-order chi connectivity index (χ1) is 31.8. The first-order valence-electron chi connectivity index (χ1n) is 22.8. The van der Waals surface area contributed by atoms with Gasteiger partial charge in [-0.15, -0.1) is 0 Å². The number of rotatable bonds is 19. The highest BCUT2D eigenvalue weighted by molar-refractivity contribution is 6.09. The van der Waals surface area contributed by atoms with Gasteiger partial charge in [0.25, 0.3) is 0 Å². The Kier molecular flexibility index (Phi) is 13.9. The summed E-state index contributed by atoms with van der Waals surface area (Å²) < 4.78 is 31.2. The van der Waals surface area contributed by atoms with Crippen molar-refractivity contribution in [1.29, 1.82) is 0 Å². The zero-order valence-corrected chi connectivity index (χ0v) is 40.4. The fraction of sp³-hybridized carbons (Fsp3) is 0.310. The van der Waals surface area contributed by atoms with Gasteiger partial charge in [0.05, 0.1) is 40.1 Å². The number of hydrogen-bond acceptors (Lipinski definition) is 9. The van der Waals surface area contributed by atoms with Gasteiger partial charge in [0.15, 0.2) is 6.61 Å². The number of para-hydroxylation sites is 3. The van der Waals surface area contributed by atoms with E-state index < -0.39 is 40.4 Å². The highest BCUT2D eigenvalue weighted by Gasteiger charge is 2.48. The van der Waals surface area contributed by atoms with Crippen LogP contribution in [0.5, 0.6) is 11.5 Å². The molecule has 5 aromatic carbocycles. The zero-order valence-electron chi connectivity index (χ0n) is 40.4. The van der Waals surface area contributed by atoms with Crippen molar-refractivity contribution < 1.29 is 33.3 Å². The minimum absolute atomic E-state index is 0.178. The van der Waals surface area contributed by atoms with Crippen LogP contribution >= 0.6 is 0 Å². The minimum atomic E-state index is -1.18. The number of esters is 1. The molecule has 0 saturated heterocycles. The van der Waals surface area contributed by atoms with E-state index in [1.165, 1.54) is 0 Å². The standard InChI is InChI=1S/C58H62N2O7/c1-13-43-47(14-2)59-48-24-18-15-21-44(48)53(43)39-27-31-41(32-28-39)63-35-51(61)57(9,10)65-37(3)55(5,6)58(11,12)66-38(4)56(7,8)67-52(62)36-64-42-33-29-40(30-34-42)54-45-22-16-19-25-49(45)60-50-26-20-17-23-46(50)54/h13-34,37-38H,1-2,35-36H2,3-12H3. The fourth-order valence-electron chi connectivity index (χ4n) is 8.26. The summed E-state index contributed by atoms with van der Waals surface area (Å²) in [7, 11) is 0. The van der Waals surface area contributed by atoms with Crippen LogP contribution in [0.4, 0.5) is 0 Å². The Morgan fingerprint density at radius 1 is 0.567 bits per heavy atom. The van der Waals surface area contributed by atoms with Gasteiger partial charge in [0.1, 0.15) is 29.3 Å². The molecule has 7 aromatic rings. The van der Waals surface area contributed by atoms with Gasteiger partial charge in [-0.3, -0.25) is 4.79 Å². The molecule has 0 bridgehead atoms. The monoisotopic (exact) mass is 898 g/mol. The number of pyridine rings is 2. The molecule has 0 N–H and O–H groups in total. The van der Waals surface area contributed by atoms with Crippen molar-refractivity contribution in [2.45, 2.75) is 98.2 Å². The number of ether oxygens (including phenoxy) is 5. The van der Waals surface area contributed by atoms with Gasteiger partial charge in [-0.2, -0.15) is 0 Å². The first-order valence-corrected chi connectivity index (χ1v) is 22.8. The van der Waals surface area contributed by atoms with E-state index in [-0.39, 0.29) is 19.0 Å². The van der Waals surface area contributed by atoms with Gasteiger partial charge >= 0.3 is 5.97 Å². The van der Waals surface area contributed by atoms with Gasteiger partial charge in [-0.05, 0) is 115 Å². The Morgan fingerprint density at radius 3 is 1.54 bits per heavy atom. The number of hydrogen-bond donors (Lipinski definition) is 0. The van der Waals surface area contributed by atoms with Crippen LogP contribution in [-0.4, -0.2) is 63.9 Å². The van der Waals surface area contributed by atoms with Crippen LogP contribution in [0, 0.1) is 5.41 Å². The summed E-state index contributed by atoms with van der Waals surface area (Å²) in [5.74, 6) is 0.373. The van der Waals surface area contributed by atoms with Crippen LogP contribution in [-0.2, 0) is 23.8 Å². The Bertz CT molecular complexity index is 2900. The van der Waals surface area contributed by atoms with Gasteiger partial charge in [-0.25, -0.2) is 14.8 Å². The van der Waals surface area contributed by atoms with E-state index in [1.807, 2.05) is 165 Å². The van der Waals surface area contributed by atoms with Gasteiger partial charge in [0.2, 0.25) is 5.78 Å². The lowest BCUT2D eigenvalue weighted by Gasteiger charge is -2.49. The second kappa shape index (κ2) is 19.3. The van der Waals surface area contributed by atoms with Crippen molar-refractivity contribution >= 4 is 56.6 Å². The molecule has 0 radical (unpaired) electrons. The minimum Gasteiger partial charge on any atom is -0.486 e. The average molecular weight is 899 g/mol. The van der Waals surface area contributed by atoms with Crippen molar-refractivity contribution in [3.8, 4) is 33.8 Å². The van der Waals surface area contributed by atoms with Crippen LogP contribution in [0.25, 0.3) is 67.1 Å². The van der Waals surface area contributed by atoms with Crippen molar-refractivity contribution in [3.05, 3.63) is 146 Å². The second-order valence-corrected chi connectivity index (χ2v) is 19.1. The van der Waals surface area contributed by atoms with Gasteiger partial charge < -0.3 is 23.7 Å². The van der Waals surface area contributed by atoms with E-state index in [4.69, 9.17) is 33.7 Å². The van der Waals surface area contributed by atoms with E-state index in [9.17, 15) is 9.59 Å². The molecule has 346 valence electrons. The molecule has 7 rings (SSSR count). The van der Waals surface area contributed by atoms with Crippen LogP contribution in [0.2, 0.25) is 0 Å². The molecular formula is C58H62N2O7. The van der Waals surface area contributed by atoms with Crippen LogP contribution in [0.1, 0.15) is 80.5 Å². The summed E-state index contributed by atoms with van der Waals surface area (Å²) in [5, 5.41) is 3.13. The van der Waals surface area contributed by atoms with E-state index in [2.05, 4.69) is 25.3 Å². The van der Waals surface area contributed by atoms with Crippen LogP contribution < -0.4 is 9.47 Å². The molecule has 2 aromatic heterocycles. The summed E-state index contributed by atoms with van der Waals surface area (Å²) in [6.45, 7) is 26.6. The molecule has 0 aliphatic heterocycles. The molecule has 67 heavy (non-hydrogen) atoms. The van der Waals surface area contributed by atoms with Crippen LogP contribution in [0.3, 0.4) is 0 Å². The van der Waals surface area contributed by atoms with Crippen LogP contribution in [0.15, 0.2) is 134 Å². The number of Topliss-reactive ketones (excluding diaryl/α,β-unsaturated/α-hetero) is 1. The predicted octanol–water partition coefficient (Wildman–Crippen LogP) is 13.3. The van der Waals surface area contributed by atoms with Gasteiger partial charge in [-0.1, -0.05) is 112 Å². The normalized spacial score (nSPS) is 13.3. The molecule has 0 saturated carbocycles. The van der Waals surface area contributed by atoms with E-state index >= 15 is 0 Å². The van der Waals surface area contributed by atoms with E-state index in [1.54, 1.807) is 26.0 Å². The molecule has 0 amide bonds. The Balaban J connectivity index is 0.922. The zero-order chi connectivity index (χ0) is 48.3. The van der Waals surface area contributed by atoms with Crippen molar-refractivity contribution in [3.63, 3.8) is 0 Å². The molecular weight excluding hydrogens is 837 g/mol. The summed E-state index contributed by atoms with van der Waals surface area (Å²) in [6.07, 6.45) is 2.57. The lowest BCUT2D eigenvalue weighted by atomic mass is 9.72. The number of benzene rings is 5. The summed E-state index contributed by atoms with van der Waals surface area (Å²) >= 11 is 0. The average Bonchev–Trinajstić information content (AvgIpc) is 3.30. The highest BCUT2D eigenvalue weighted by atomic mass is 16.6. The summed E-state index contributed by atoms with van der Waals surface area (Å²) in [4.78, 5) is 36.5. The SMILES string of the molecule is C=Cc1nc2ccccc2c(-c2ccc(OCC(=O)C(C)(C)OC(C)C(C)(C)C(C)(C)OC(C)C(C)(C)OC(=O)COc3ccc(-c4c5ccccc5nc5ccccc45)cc3)cc2)c1C=C. The number of aromatic nitrogens is 2. The molecule has 2 atom stereocenters. The maximum atomic E-state index is 13.7. The fourth-order valence-corrected chi connectivity index (χ4v) is 8.26. The largest absolute Gasteiger partial charge is 0.486 e. The second-order valence-electron chi connectivity index (χ2n) is 19.1. The number of ketones is 1. The quantitative estimate of drug-likeness (QED) is 0.0579. The maximum Gasteiger partial charge on any atom is 0.344 e. The summed E-state index contributed by atoms with van der Waals surface area (Å²) in [5.41, 5.74) is 4.85. The van der Waals surface area contributed by atoms with E-state index in [0.717, 1.165) is 66.2 Å². The lowest BCUT2D eigenvalue weighted by Crippen LogP contribution is -2.56. The predicted molar refractivity (Wildman–Crippen MR) is 271 cm³/mol. The number of nitrogens with zero attached hydrogens (tertiary/aromatic N) is 2. The summed E-state index contributed by atoms with van der Waals surface area (Å²) in [6, 6.07) is 39.6. The Morgan fingerprint density at radius 2 is 1.03 bits per heavy atom. The molecule has 9 heteroatoms. The number of carbonyl (C=O) groups is 2. The molecule has 9 nitrogen and oxygen atoms in total. The molecule has 2 heterocycles. The number of carbonyl (C=O) groups excluding carboxylic acids is 2. The third kappa shape index (κ3) is 10.2. The first kappa shape index (κ1) is 48.3. The third-order valence-corrected chi connectivity index (χ3v) is 13.5. The highest BCUT2D eigenvalue weighted by Crippen LogP contribution is 2.43. The topological polar surface area (TPSA) is 106 Å². The lowest BCUT2D eigenvalue weighted by molar-refractivity contribution is -0.228. The van der Waals surface area contributed by atoms with Crippen molar-refractivity contribution in [1.82, 2.24) is 9.97 Å². The van der Waals surface area contributed by atoms with Crippen molar-refractivity contribution in [2.24, 2.45) is 5.41 Å². The third-order valence-electron chi connectivity index (χ3n) is 13.5. The molecule has 0 spiro atoms. The molecule has 2 unspecified atom stereocenters. The molecule has 0 aliphatic rings. The maximum absolute atomic E-state index is 13.7. The Hall–Kier alpha value is -6.68. The van der Waals surface area contributed by atoms with Crippen molar-refractivity contribution in [2.75, 3.05) is 13.2 Å². The Labute approximate surface area is 394 Å². The molecule has 0 aliphatic carbocycles. The smallest absolute Gasteiger partial charge is 0.344 e. The number of fused-ring (bicyclic) bond motifs is 3. The van der Waals surface area contributed by atoms with Gasteiger partial charge in [0, 0.05) is 38.3 Å². The van der Waals surface area contributed by atoms with E-state index in [0.29, 0.717) is 11.5 Å².